The average molecular weight is 174 g/mol. The first-order valence-electron chi connectivity index (χ1n) is 4.10. The molecule has 2 aromatic rings. The molecule has 0 aliphatic rings. The van der Waals surface area contributed by atoms with Gasteiger partial charge in [0.05, 0.1) is 5.69 Å². The van der Waals surface area contributed by atoms with E-state index in [4.69, 9.17) is 0 Å². The number of nitrogens with one attached hydrogen (secondary N) is 1. The Balaban J connectivity index is 2.29. The van der Waals surface area contributed by atoms with Gasteiger partial charge in [0.1, 0.15) is 6.10 Å². The maximum absolute atomic E-state index is 9.81. The van der Waals surface area contributed by atoms with Crippen molar-refractivity contribution in [2.24, 2.45) is 0 Å². The van der Waals surface area contributed by atoms with Crippen molar-refractivity contribution in [2.45, 2.75) is 6.10 Å². The second kappa shape index (κ2) is 3.41. The van der Waals surface area contributed by atoms with E-state index in [1.807, 2.05) is 30.3 Å². The molecule has 0 saturated carbocycles. The normalized spacial score (nSPS) is 12.7. The second-order valence-electron chi connectivity index (χ2n) is 2.83. The molecule has 3 nitrogen and oxygen atoms in total. The van der Waals surface area contributed by atoms with Gasteiger partial charge in [0.2, 0.25) is 0 Å². The molecule has 0 fully saturated rings. The molecule has 66 valence electrons. The highest BCUT2D eigenvalue weighted by molar-refractivity contribution is 5.24. The maximum atomic E-state index is 9.81. The summed E-state index contributed by atoms with van der Waals surface area (Å²) in [4.78, 5) is 0. The summed E-state index contributed by atoms with van der Waals surface area (Å²) in [5.74, 6) is 0. The third kappa shape index (κ3) is 1.60. The number of nitrogens with zero attached hydrogens (tertiary/aromatic N) is 1. The van der Waals surface area contributed by atoms with Crippen molar-refractivity contribution in [3.05, 3.63) is 53.9 Å². The van der Waals surface area contributed by atoms with Gasteiger partial charge in [0, 0.05) is 6.20 Å². The van der Waals surface area contributed by atoms with Gasteiger partial charge < -0.3 is 5.11 Å². The third-order valence-electron chi connectivity index (χ3n) is 1.93. The summed E-state index contributed by atoms with van der Waals surface area (Å²) in [6, 6.07) is 11.2. The van der Waals surface area contributed by atoms with Crippen molar-refractivity contribution in [2.75, 3.05) is 0 Å². The summed E-state index contributed by atoms with van der Waals surface area (Å²) in [7, 11) is 0. The summed E-state index contributed by atoms with van der Waals surface area (Å²) in [6.45, 7) is 0. The van der Waals surface area contributed by atoms with Crippen molar-refractivity contribution in [1.82, 2.24) is 10.2 Å². The van der Waals surface area contributed by atoms with E-state index in [9.17, 15) is 5.11 Å². The topological polar surface area (TPSA) is 48.9 Å². The minimum Gasteiger partial charge on any atom is -0.382 e. The zero-order chi connectivity index (χ0) is 9.10. The molecule has 0 aliphatic carbocycles. The monoisotopic (exact) mass is 174 g/mol. The van der Waals surface area contributed by atoms with E-state index in [0.29, 0.717) is 5.69 Å². The van der Waals surface area contributed by atoms with Crippen molar-refractivity contribution in [1.29, 1.82) is 0 Å². The molecule has 1 aromatic carbocycles. The van der Waals surface area contributed by atoms with E-state index in [2.05, 4.69) is 10.2 Å². The highest BCUT2D eigenvalue weighted by Crippen LogP contribution is 2.18. The molecule has 1 atom stereocenters. The first-order chi connectivity index (χ1) is 6.38. The van der Waals surface area contributed by atoms with Crippen LogP contribution in [0.5, 0.6) is 0 Å². The van der Waals surface area contributed by atoms with Crippen LogP contribution in [0.25, 0.3) is 0 Å². The molecule has 0 saturated heterocycles. The molecule has 3 heteroatoms. The fourth-order valence-electron chi connectivity index (χ4n) is 1.23. The van der Waals surface area contributed by atoms with Gasteiger partial charge >= 0.3 is 0 Å². The van der Waals surface area contributed by atoms with Crippen LogP contribution >= 0.6 is 0 Å². The third-order valence-corrected chi connectivity index (χ3v) is 1.93. The number of H-pyrrole nitrogens is 1. The minimum absolute atomic E-state index is 0.608. The Morgan fingerprint density at radius 3 is 2.54 bits per heavy atom. The lowest BCUT2D eigenvalue weighted by Gasteiger charge is -2.07. The molecule has 2 rings (SSSR count). The molecule has 0 spiro atoms. The van der Waals surface area contributed by atoms with Crippen LogP contribution in [0, 0.1) is 0 Å². The molecule has 0 amide bonds. The summed E-state index contributed by atoms with van der Waals surface area (Å²) >= 11 is 0. The highest BCUT2D eigenvalue weighted by Gasteiger charge is 2.09. The number of rotatable bonds is 2. The van der Waals surface area contributed by atoms with Crippen LogP contribution in [0.4, 0.5) is 0 Å². The lowest BCUT2D eigenvalue weighted by atomic mass is 10.1. The zero-order valence-electron chi connectivity index (χ0n) is 7.01. The predicted octanol–water partition coefficient (Wildman–Crippen LogP) is 1.49. The second-order valence-corrected chi connectivity index (χ2v) is 2.83. The van der Waals surface area contributed by atoms with Crippen molar-refractivity contribution < 1.29 is 5.11 Å². The Hall–Kier alpha value is -1.61. The summed E-state index contributed by atoms with van der Waals surface area (Å²) in [6.07, 6.45) is 1.02. The molecular formula is C10H10N2O. The van der Waals surface area contributed by atoms with Crippen molar-refractivity contribution in [3.8, 4) is 0 Å². The van der Waals surface area contributed by atoms with Crippen LogP contribution in [0.15, 0.2) is 42.6 Å². The standard InChI is InChI=1S/C10H10N2O/c13-10(9-6-7-11-12-9)8-4-2-1-3-5-8/h1-7,10,13H,(H,11,12). The Bertz CT molecular complexity index is 356. The molecular weight excluding hydrogens is 164 g/mol. The van der Waals surface area contributed by atoms with E-state index in [1.54, 1.807) is 12.3 Å². The average Bonchev–Trinajstić information content (AvgIpc) is 2.71. The molecule has 13 heavy (non-hydrogen) atoms. The number of hydrogen-bond acceptors (Lipinski definition) is 2. The Morgan fingerprint density at radius 2 is 1.92 bits per heavy atom. The lowest BCUT2D eigenvalue weighted by molar-refractivity contribution is 0.215. The molecule has 2 N–H and O–H groups in total. The SMILES string of the molecule is OC(c1ccccc1)c1ccn[nH]1. The van der Waals surface area contributed by atoms with E-state index in [-0.39, 0.29) is 0 Å². The van der Waals surface area contributed by atoms with Crippen LogP contribution in [-0.4, -0.2) is 15.3 Å². The largest absolute Gasteiger partial charge is 0.382 e. The molecule has 0 radical (unpaired) electrons. The molecule has 1 heterocycles. The predicted molar refractivity (Wildman–Crippen MR) is 49.1 cm³/mol. The number of aromatic nitrogens is 2. The van der Waals surface area contributed by atoms with Gasteiger partial charge in [0.15, 0.2) is 0 Å². The number of hydrogen-bond donors (Lipinski definition) is 2. The highest BCUT2D eigenvalue weighted by atomic mass is 16.3. The Kier molecular flexibility index (Phi) is 2.10. The van der Waals surface area contributed by atoms with Gasteiger partial charge in [-0.3, -0.25) is 5.10 Å². The molecule has 0 aliphatic heterocycles. The first kappa shape index (κ1) is 8.01. The van der Waals surface area contributed by atoms with Crippen molar-refractivity contribution in [3.63, 3.8) is 0 Å². The van der Waals surface area contributed by atoms with Crippen LogP contribution in [0.1, 0.15) is 17.4 Å². The summed E-state index contributed by atoms with van der Waals surface area (Å²) in [5.41, 5.74) is 1.58. The van der Waals surface area contributed by atoms with E-state index in [0.717, 1.165) is 5.56 Å². The van der Waals surface area contributed by atoms with Crippen LogP contribution in [-0.2, 0) is 0 Å². The smallest absolute Gasteiger partial charge is 0.120 e. The van der Waals surface area contributed by atoms with Gasteiger partial charge in [-0.2, -0.15) is 5.10 Å². The van der Waals surface area contributed by atoms with Gasteiger partial charge in [-0.1, -0.05) is 30.3 Å². The Labute approximate surface area is 76.0 Å². The zero-order valence-corrected chi connectivity index (χ0v) is 7.01. The Morgan fingerprint density at radius 1 is 1.15 bits per heavy atom. The van der Waals surface area contributed by atoms with Gasteiger partial charge in [-0.15, -0.1) is 0 Å². The molecule has 1 aromatic heterocycles. The maximum Gasteiger partial charge on any atom is 0.120 e. The van der Waals surface area contributed by atoms with E-state index in [1.165, 1.54) is 0 Å². The van der Waals surface area contributed by atoms with Gasteiger partial charge in [0.25, 0.3) is 0 Å². The number of aliphatic hydroxyl groups is 1. The number of aliphatic hydroxyl groups excluding tert-OH is 1. The summed E-state index contributed by atoms with van der Waals surface area (Å²) in [5, 5.41) is 16.3. The number of benzene rings is 1. The fourth-order valence-corrected chi connectivity index (χ4v) is 1.23. The fraction of sp³-hybridized carbons (Fsp3) is 0.100. The minimum atomic E-state index is -0.608. The van der Waals surface area contributed by atoms with Crippen molar-refractivity contribution >= 4 is 0 Å². The van der Waals surface area contributed by atoms with Gasteiger partial charge in [-0.25, -0.2) is 0 Å². The molecule has 1 unspecified atom stereocenters. The van der Waals surface area contributed by atoms with Gasteiger partial charge in [-0.05, 0) is 11.6 Å². The molecule has 0 bridgehead atoms. The van der Waals surface area contributed by atoms with Crippen LogP contribution in [0.3, 0.4) is 0 Å². The quantitative estimate of drug-likeness (QED) is 0.724. The van der Waals surface area contributed by atoms with E-state index >= 15 is 0 Å². The lowest BCUT2D eigenvalue weighted by Crippen LogP contribution is -1.99. The van der Waals surface area contributed by atoms with Crippen LogP contribution in [0.2, 0.25) is 0 Å². The van der Waals surface area contributed by atoms with E-state index < -0.39 is 6.10 Å². The van der Waals surface area contributed by atoms with Crippen LogP contribution < -0.4 is 0 Å². The number of aromatic amines is 1. The summed E-state index contributed by atoms with van der Waals surface area (Å²) < 4.78 is 0. The first-order valence-corrected chi connectivity index (χ1v) is 4.10.